The first-order valence-corrected chi connectivity index (χ1v) is 3.38. The molecule has 1 atom stereocenters. The van der Waals surface area contributed by atoms with Crippen molar-refractivity contribution in [2.24, 2.45) is 5.41 Å². The molecule has 1 heterocycles. The molecule has 1 saturated heterocycles. The largest absolute Gasteiger partial charge is 0.459 e. The Kier molecular flexibility index (Phi) is 1.68. The minimum atomic E-state index is -0.395. The fourth-order valence-corrected chi connectivity index (χ4v) is 1.11. The molecule has 1 aliphatic rings. The predicted molar refractivity (Wildman–Crippen MR) is 35.4 cm³/mol. The Hall–Kier alpha value is -0.570. The molecule has 0 aromatic rings. The average Bonchev–Trinajstić information content (AvgIpc) is 2.08. The number of aliphatic hydroxyl groups excluding tert-OH is 1. The van der Waals surface area contributed by atoms with Crippen LogP contribution in [0.25, 0.3) is 0 Å². The van der Waals surface area contributed by atoms with Crippen LogP contribution in [0.1, 0.15) is 20.3 Å². The van der Waals surface area contributed by atoms with E-state index in [0.29, 0.717) is 6.42 Å². The van der Waals surface area contributed by atoms with E-state index in [9.17, 15) is 4.79 Å². The zero-order valence-electron chi connectivity index (χ0n) is 6.26. The molecule has 0 amide bonds. The summed E-state index contributed by atoms with van der Waals surface area (Å²) in [5.74, 6) is -0.202. The normalized spacial score (nSPS) is 30.3. The van der Waals surface area contributed by atoms with Gasteiger partial charge in [0.2, 0.25) is 0 Å². The minimum Gasteiger partial charge on any atom is -0.459 e. The first-order valence-electron chi connectivity index (χ1n) is 3.38. The SMILES string of the molecule is CC1(C)CC(CO)OC1=O. The van der Waals surface area contributed by atoms with Crippen molar-refractivity contribution >= 4 is 5.97 Å². The fraction of sp³-hybridized carbons (Fsp3) is 0.857. The lowest BCUT2D eigenvalue weighted by Gasteiger charge is -2.08. The van der Waals surface area contributed by atoms with Gasteiger partial charge in [0.1, 0.15) is 6.10 Å². The Morgan fingerprint density at radius 1 is 1.80 bits per heavy atom. The molecule has 1 fully saturated rings. The number of ether oxygens (including phenoxy) is 1. The van der Waals surface area contributed by atoms with Crippen LogP contribution in [0.2, 0.25) is 0 Å². The van der Waals surface area contributed by atoms with Gasteiger partial charge in [-0.1, -0.05) is 0 Å². The number of carbonyl (C=O) groups is 1. The van der Waals surface area contributed by atoms with Crippen LogP contribution in [0.15, 0.2) is 0 Å². The highest BCUT2D eigenvalue weighted by Crippen LogP contribution is 2.32. The second-order valence-corrected chi connectivity index (χ2v) is 3.30. The zero-order chi connectivity index (χ0) is 7.78. The van der Waals surface area contributed by atoms with Crippen molar-refractivity contribution in [2.45, 2.75) is 26.4 Å². The third kappa shape index (κ3) is 1.14. The van der Waals surface area contributed by atoms with Gasteiger partial charge in [-0.15, -0.1) is 0 Å². The maximum absolute atomic E-state index is 10.9. The molecule has 0 bridgehead atoms. The van der Waals surface area contributed by atoms with Crippen molar-refractivity contribution in [3.05, 3.63) is 0 Å². The highest BCUT2D eigenvalue weighted by Gasteiger charge is 2.40. The van der Waals surface area contributed by atoms with Gasteiger partial charge < -0.3 is 9.84 Å². The molecule has 1 aliphatic heterocycles. The first kappa shape index (κ1) is 7.54. The Morgan fingerprint density at radius 2 is 2.40 bits per heavy atom. The third-order valence-corrected chi connectivity index (χ3v) is 1.77. The smallest absolute Gasteiger partial charge is 0.312 e. The Labute approximate surface area is 60.0 Å². The molecule has 3 heteroatoms. The summed E-state index contributed by atoms with van der Waals surface area (Å²) in [6, 6.07) is 0. The van der Waals surface area contributed by atoms with E-state index in [1.807, 2.05) is 13.8 Å². The van der Waals surface area contributed by atoms with Gasteiger partial charge in [-0.25, -0.2) is 0 Å². The molecule has 3 nitrogen and oxygen atoms in total. The molecule has 0 aromatic carbocycles. The van der Waals surface area contributed by atoms with Crippen molar-refractivity contribution in [1.29, 1.82) is 0 Å². The van der Waals surface area contributed by atoms with E-state index in [0.717, 1.165) is 0 Å². The number of hydrogen-bond donors (Lipinski definition) is 1. The molecule has 0 spiro atoms. The summed E-state index contributed by atoms with van der Waals surface area (Å²) in [7, 11) is 0. The van der Waals surface area contributed by atoms with Crippen molar-refractivity contribution < 1.29 is 14.6 Å². The van der Waals surface area contributed by atoms with Crippen LogP contribution in [0, 0.1) is 5.41 Å². The van der Waals surface area contributed by atoms with Gasteiger partial charge in [0.15, 0.2) is 0 Å². The van der Waals surface area contributed by atoms with Crippen LogP contribution in [0.3, 0.4) is 0 Å². The van der Waals surface area contributed by atoms with E-state index in [2.05, 4.69) is 0 Å². The summed E-state index contributed by atoms with van der Waals surface area (Å²) in [6.07, 6.45) is 0.352. The predicted octanol–water partition coefficient (Wildman–Crippen LogP) is 0.320. The second kappa shape index (κ2) is 2.23. The van der Waals surface area contributed by atoms with Crippen LogP contribution in [-0.2, 0) is 9.53 Å². The molecular formula is C7H12O3. The molecule has 58 valence electrons. The monoisotopic (exact) mass is 144 g/mol. The topological polar surface area (TPSA) is 46.5 Å². The van der Waals surface area contributed by atoms with Crippen LogP contribution in [0.4, 0.5) is 0 Å². The van der Waals surface area contributed by atoms with Gasteiger partial charge >= 0.3 is 5.97 Å². The summed E-state index contributed by atoms with van der Waals surface area (Å²) in [5, 5.41) is 8.64. The van der Waals surface area contributed by atoms with Gasteiger partial charge in [0.05, 0.1) is 12.0 Å². The zero-order valence-corrected chi connectivity index (χ0v) is 6.26. The molecule has 1 N–H and O–H groups in total. The molecule has 1 rings (SSSR count). The highest BCUT2D eigenvalue weighted by atomic mass is 16.6. The highest BCUT2D eigenvalue weighted by molar-refractivity contribution is 5.78. The number of esters is 1. The van der Waals surface area contributed by atoms with Gasteiger partial charge in [-0.2, -0.15) is 0 Å². The minimum absolute atomic E-state index is 0.0603. The van der Waals surface area contributed by atoms with Crippen LogP contribution in [0.5, 0.6) is 0 Å². The van der Waals surface area contributed by atoms with Crippen LogP contribution >= 0.6 is 0 Å². The molecule has 0 radical (unpaired) electrons. The molecular weight excluding hydrogens is 132 g/mol. The van der Waals surface area contributed by atoms with E-state index in [4.69, 9.17) is 9.84 Å². The quantitative estimate of drug-likeness (QED) is 0.539. The van der Waals surface area contributed by atoms with E-state index in [-0.39, 0.29) is 18.7 Å². The number of rotatable bonds is 1. The average molecular weight is 144 g/mol. The van der Waals surface area contributed by atoms with E-state index < -0.39 is 5.41 Å². The number of aliphatic hydroxyl groups is 1. The molecule has 1 unspecified atom stereocenters. The maximum atomic E-state index is 10.9. The summed E-state index contributed by atoms with van der Waals surface area (Å²) in [5.41, 5.74) is -0.395. The van der Waals surface area contributed by atoms with Crippen molar-refractivity contribution in [3.8, 4) is 0 Å². The Morgan fingerprint density at radius 3 is 2.60 bits per heavy atom. The van der Waals surface area contributed by atoms with Gasteiger partial charge in [0, 0.05) is 6.42 Å². The Bertz CT molecular complexity index is 151. The van der Waals surface area contributed by atoms with E-state index in [1.165, 1.54) is 0 Å². The van der Waals surface area contributed by atoms with E-state index >= 15 is 0 Å². The van der Waals surface area contributed by atoms with Gasteiger partial charge in [-0.05, 0) is 13.8 Å². The fourth-order valence-electron chi connectivity index (χ4n) is 1.11. The van der Waals surface area contributed by atoms with Crippen LogP contribution in [-0.4, -0.2) is 23.8 Å². The van der Waals surface area contributed by atoms with Crippen molar-refractivity contribution in [2.75, 3.05) is 6.61 Å². The summed E-state index contributed by atoms with van der Waals surface area (Å²) in [4.78, 5) is 10.9. The lowest BCUT2D eigenvalue weighted by atomic mass is 9.90. The summed E-state index contributed by atoms with van der Waals surface area (Å²) < 4.78 is 4.84. The van der Waals surface area contributed by atoms with Crippen molar-refractivity contribution in [3.63, 3.8) is 0 Å². The third-order valence-electron chi connectivity index (χ3n) is 1.77. The lowest BCUT2D eigenvalue weighted by Crippen LogP contribution is -2.16. The number of carbonyl (C=O) groups excluding carboxylic acids is 1. The number of cyclic esters (lactones) is 1. The maximum Gasteiger partial charge on any atom is 0.312 e. The lowest BCUT2D eigenvalue weighted by molar-refractivity contribution is -0.148. The molecule has 0 saturated carbocycles. The van der Waals surface area contributed by atoms with Crippen molar-refractivity contribution in [1.82, 2.24) is 0 Å². The van der Waals surface area contributed by atoms with Gasteiger partial charge in [-0.3, -0.25) is 4.79 Å². The number of hydrogen-bond acceptors (Lipinski definition) is 3. The standard InChI is InChI=1S/C7H12O3/c1-7(2)3-5(4-8)10-6(7)9/h5,8H,3-4H2,1-2H3. The van der Waals surface area contributed by atoms with Crippen LogP contribution < -0.4 is 0 Å². The first-order chi connectivity index (χ1) is 4.56. The summed E-state index contributed by atoms with van der Waals surface area (Å²) in [6.45, 7) is 3.59. The van der Waals surface area contributed by atoms with Gasteiger partial charge in [0.25, 0.3) is 0 Å². The molecule has 0 aromatic heterocycles. The Balaban J connectivity index is 2.62. The molecule has 10 heavy (non-hydrogen) atoms. The second-order valence-electron chi connectivity index (χ2n) is 3.30. The van der Waals surface area contributed by atoms with E-state index in [1.54, 1.807) is 0 Å². The summed E-state index contributed by atoms with van der Waals surface area (Å²) >= 11 is 0. The molecule has 0 aliphatic carbocycles.